The molecule has 0 aliphatic carbocycles. The van der Waals surface area contributed by atoms with Gasteiger partial charge in [-0.1, -0.05) is 12.1 Å². The van der Waals surface area contributed by atoms with Gasteiger partial charge < -0.3 is 10.1 Å². The Morgan fingerprint density at radius 1 is 1.35 bits per heavy atom. The van der Waals surface area contributed by atoms with Gasteiger partial charge in [0.15, 0.2) is 0 Å². The number of hydrogen-bond acceptors (Lipinski definition) is 2. The van der Waals surface area contributed by atoms with E-state index in [0.717, 1.165) is 24.6 Å². The molecule has 94 valence electrons. The summed E-state index contributed by atoms with van der Waals surface area (Å²) < 4.78 is 5.58. The fourth-order valence-corrected chi connectivity index (χ4v) is 2.70. The van der Waals surface area contributed by atoms with E-state index in [1.807, 2.05) is 0 Å². The Morgan fingerprint density at radius 3 is 2.82 bits per heavy atom. The molecule has 2 rings (SSSR count). The van der Waals surface area contributed by atoms with E-state index in [0.29, 0.717) is 0 Å². The number of aryl methyl sites for hydroxylation is 1. The zero-order chi connectivity index (χ0) is 12.3. The van der Waals surface area contributed by atoms with E-state index in [9.17, 15) is 0 Å². The first-order valence-electron chi connectivity index (χ1n) is 6.56. The summed E-state index contributed by atoms with van der Waals surface area (Å²) in [7, 11) is 1.78. The van der Waals surface area contributed by atoms with Crippen LogP contribution < -0.4 is 10.1 Å². The van der Waals surface area contributed by atoms with Crippen LogP contribution in [-0.4, -0.2) is 20.2 Å². The zero-order valence-corrected chi connectivity index (χ0v) is 11.2. The monoisotopic (exact) mass is 233 g/mol. The predicted molar refractivity (Wildman–Crippen MR) is 71.8 cm³/mol. The number of ether oxygens (including phenoxy) is 1. The number of piperidine rings is 1. The van der Waals surface area contributed by atoms with Crippen molar-refractivity contribution < 1.29 is 4.74 Å². The molecule has 0 amide bonds. The highest BCUT2D eigenvalue weighted by Gasteiger charge is 2.16. The average Bonchev–Trinajstić information content (AvgIpc) is 2.36. The topological polar surface area (TPSA) is 21.3 Å². The molecule has 2 heteroatoms. The molecule has 1 aromatic rings. The van der Waals surface area contributed by atoms with Crippen LogP contribution in [0.25, 0.3) is 0 Å². The van der Waals surface area contributed by atoms with Crippen molar-refractivity contribution >= 4 is 0 Å². The number of rotatable bonds is 3. The molecule has 0 aromatic heterocycles. The molecular formula is C15H23NO. The number of benzene rings is 1. The van der Waals surface area contributed by atoms with Crippen LogP contribution in [0, 0.1) is 19.8 Å². The van der Waals surface area contributed by atoms with E-state index in [-0.39, 0.29) is 0 Å². The summed E-state index contributed by atoms with van der Waals surface area (Å²) in [5, 5.41) is 3.48. The summed E-state index contributed by atoms with van der Waals surface area (Å²) in [6.45, 7) is 6.62. The molecule has 0 radical (unpaired) electrons. The lowest BCUT2D eigenvalue weighted by Crippen LogP contribution is -2.30. The standard InChI is InChI=1S/C15H23NO/c1-11-6-7-14(15(17-3)12(11)2)9-13-5-4-8-16-10-13/h6-7,13,16H,4-5,8-10H2,1-3H3. The van der Waals surface area contributed by atoms with Crippen molar-refractivity contribution in [2.75, 3.05) is 20.2 Å². The molecule has 1 N–H and O–H groups in total. The van der Waals surface area contributed by atoms with E-state index in [4.69, 9.17) is 4.74 Å². The minimum absolute atomic E-state index is 0.764. The maximum Gasteiger partial charge on any atom is 0.125 e. The van der Waals surface area contributed by atoms with Gasteiger partial charge in [-0.15, -0.1) is 0 Å². The Hall–Kier alpha value is -1.02. The predicted octanol–water partition coefficient (Wildman–Crippen LogP) is 2.85. The Labute approximate surface area is 104 Å². The van der Waals surface area contributed by atoms with Gasteiger partial charge in [-0.3, -0.25) is 0 Å². The molecule has 0 spiro atoms. The third-order valence-corrected chi connectivity index (χ3v) is 3.87. The molecule has 1 unspecified atom stereocenters. The SMILES string of the molecule is COc1c(CC2CCCNC2)ccc(C)c1C. The molecule has 1 fully saturated rings. The maximum absolute atomic E-state index is 5.58. The first-order chi connectivity index (χ1) is 8.22. The second-order valence-corrected chi connectivity index (χ2v) is 5.12. The minimum atomic E-state index is 0.764. The van der Waals surface area contributed by atoms with E-state index in [1.165, 1.54) is 36.1 Å². The van der Waals surface area contributed by atoms with Crippen molar-refractivity contribution in [3.8, 4) is 5.75 Å². The van der Waals surface area contributed by atoms with Gasteiger partial charge in [0.25, 0.3) is 0 Å². The highest BCUT2D eigenvalue weighted by molar-refractivity contribution is 5.45. The lowest BCUT2D eigenvalue weighted by Gasteiger charge is -2.24. The van der Waals surface area contributed by atoms with Crippen LogP contribution in [0.3, 0.4) is 0 Å². The van der Waals surface area contributed by atoms with Crippen molar-refractivity contribution in [3.05, 3.63) is 28.8 Å². The Morgan fingerprint density at radius 2 is 2.18 bits per heavy atom. The van der Waals surface area contributed by atoms with Gasteiger partial charge in [0, 0.05) is 0 Å². The van der Waals surface area contributed by atoms with E-state index >= 15 is 0 Å². The molecule has 2 nitrogen and oxygen atoms in total. The molecule has 17 heavy (non-hydrogen) atoms. The van der Waals surface area contributed by atoms with Gasteiger partial charge >= 0.3 is 0 Å². The highest BCUT2D eigenvalue weighted by atomic mass is 16.5. The van der Waals surface area contributed by atoms with Crippen LogP contribution in [0.4, 0.5) is 0 Å². The molecular weight excluding hydrogens is 210 g/mol. The summed E-state index contributed by atoms with van der Waals surface area (Å²) in [6.07, 6.45) is 3.78. The zero-order valence-electron chi connectivity index (χ0n) is 11.2. The molecule has 1 aromatic carbocycles. The average molecular weight is 233 g/mol. The molecule has 0 saturated carbocycles. The van der Waals surface area contributed by atoms with Gasteiger partial charge in [-0.05, 0) is 68.8 Å². The minimum Gasteiger partial charge on any atom is -0.496 e. The molecule has 0 bridgehead atoms. The van der Waals surface area contributed by atoms with Gasteiger partial charge in [0.1, 0.15) is 5.75 Å². The van der Waals surface area contributed by atoms with Crippen molar-refractivity contribution in [2.24, 2.45) is 5.92 Å². The summed E-state index contributed by atoms with van der Waals surface area (Å²) >= 11 is 0. The summed E-state index contributed by atoms with van der Waals surface area (Å²) in [6, 6.07) is 4.44. The fourth-order valence-electron chi connectivity index (χ4n) is 2.70. The molecule has 1 aliphatic rings. The van der Waals surface area contributed by atoms with Crippen LogP contribution in [0.2, 0.25) is 0 Å². The van der Waals surface area contributed by atoms with E-state index < -0.39 is 0 Å². The maximum atomic E-state index is 5.58. The Balaban J connectivity index is 2.17. The first-order valence-corrected chi connectivity index (χ1v) is 6.56. The lowest BCUT2D eigenvalue weighted by atomic mass is 9.90. The van der Waals surface area contributed by atoms with Crippen LogP contribution in [0.1, 0.15) is 29.5 Å². The molecule has 1 atom stereocenters. The van der Waals surface area contributed by atoms with Gasteiger partial charge in [0.05, 0.1) is 7.11 Å². The third-order valence-electron chi connectivity index (χ3n) is 3.87. The number of methoxy groups -OCH3 is 1. The van der Waals surface area contributed by atoms with Crippen LogP contribution in [0.15, 0.2) is 12.1 Å². The van der Waals surface area contributed by atoms with Crippen LogP contribution in [-0.2, 0) is 6.42 Å². The van der Waals surface area contributed by atoms with Crippen molar-refractivity contribution in [1.29, 1.82) is 0 Å². The van der Waals surface area contributed by atoms with Crippen LogP contribution >= 0.6 is 0 Å². The van der Waals surface area contributed by atoms with Gasteiger partial charge in [0.2, 0.25) is 0 Å². The van der Waals surface area contributed by atoms with Crippen molar-refractivity contribution in [1.82, 2.24) is 5.32 Å². The normalized spacial score (nSPS) is 20.3. The van der Waals surface area contributed by atoms with E-state index in [2.05, 4.69) is 31.3 Å². The Bertz CT molecular complexity index is 381. The second kappa shape index (κ2) is 5.54. The summed E-state index contributed by atoms with van der Waals surface area (Å²) in [5.41, 5.74) is 3.96. The number of nitrogens with one attached hydrogen (secondary N) is 1. The van der Waals surface area contributed by atoms with Crippen molar-refractivity contribution in [3.63, 3.8) is 0 Å². The van der Waals surface area contributed by atoms with Crippen LogP contribution in [0.5, 0.6) is 5.75 Å². The molecule has 1 aliphatic heterocycles. The lowest BCUT2D eigenvalue weighted by molar-refractivity contribution is 0.363. The number of hydrogen-bond donors (Lipinski definition) is 1. The smallest absolute Gasteiger partial charge is 0.125 e. The Kier molecular flexibility index (Phi) is 4.06. The van der Waals surface area contributed by atoms with Crippen molar-refractivity contribution in [2.45, 2.75) is 33.1 Å². The molecule has 1 heterocycles. The largest absolute Gasteiger partial charge is 0.496 e. The first kappa shape index (κ1) is 12.4. The molecule has 1 saturated heterocycles. The van der Waals surface area contributed by atoms with E-state index in [1.54, 1.807) is 7.11 Å². The quantitative estimate of drug-likeness (QED) is 0.867. The summed E-state index contributed by atoms with van der Waals surface area (Å²) in [4.78, 5) is 0. The highest BCUT2D eigenvalue weighted by Crippen LogP contribution is 2.29. The fraction of sp³-hybridized carbons (Fsp3) is 0.600. The third kappa shape index (κ3) is 2.81. The second-order valence-electron chi connectivity index (χ2n) is 5.12. The van der Waals surface area contributed by atoms with Gasteiger partial charge in [-0.2, -0.15) is 0 Å². The summed E-state index contributed by atoms with van der Waals surface area (Å²) in [5.74, 6) is 1.86. The van der Waals surface area contributed by atoms with Gasteiger partial charge in [-0.25, -0.2) is 0 Å².